The van der Waals surface area contributed by atoms with Crippen molar-refractivity contribution in [1.82, 2.24) is 9.80 Å². The van der Waals surface area contributed by atoms with Crippen molar-refractivity contribution in [3.8, 4) is 5.75 Å². The number of nitrogens with zero attached hydrogens (tertiary/aromatic N) is 4. The molecule has 0 aromatic heterocycles. The zero-order chi connectivity index (χ0) is 21.1. The van der Waals surface area contributed by atoms with E-state index in [1.54, 1.807) is 29.0 Å². The van der Waals surface area contributed by atoms with Gasteiger partial charge in [-0.25, -0.2) is 4.79 Å². The van der Waals surface area contributed by atoms with Crippen LogP contribution in [0.3, 0.4) is 0 Å². The number of methoxy groups -OCH3 is 1. The number of halogens is 1. The first kappa shape index (κ1) is 20.3. The maximum absolute atomic E-state index is 12.8. The minimum atomic E-state index is -0.150. The van der Waals surface area contributed by atoms with E-state index in [1.807, 2.05) is 41.3 Å². The maximum atomic E-state index is 12.8. The first-order chi connectivity index (χ1) is 14.5. The van der Waals surface area contributed by atoms with Gasteiger partial charge in [-0.15, -0.1) is 0 Å². The zero-order valence-corrected chi connectivity index (χ0v) is 17.7. The van der Waals surface area contributed by atoms with Crippen molar-refractivity contribution in [2.75, 3.05) is 62.7 Å². The van der Waals surface area contributed by atoms with Gasteiger partial charge in [-0.05, 0) is 42.5 Å². The van der Waals surface area contributed by atoms with Gasteiger partial charge in [0.25, 0.3) is 0 Å². The molecule has 0 unspecified atom stereocenters. The second-order valence-corrected chi connectivity index (χ2v) is 7.84. The normalized spacial score (nSPS) is 16.9. The molecule has 0 atom stereocenters. The smallest absolute Gasteiger partial charge is 0.325 e. The molecule has 0 aliphatic carbocycles. The number of carbonyl (C=O) groups is 2. The molecule has 8 heteroatoms. The fourth-order valence-corrected chi connectivity index (χ4v) is 4.07. The number of benzene rings is 2. The van der Waals surface area contributed by atoms with Crippen LogP contribution >= 0.6 is 11.6 Å². The lowest BCUT2D eigenvalue weighted by Crippen LogP contribution is -2.51. The standard InChI is InChI=1S/C22H25ClN4O3/c1-30-20-7-5-18(6-8-20)24-9-11-25(12-10-24)21(28)16-26-13-14-27(22(26)29)19-4-2-3-17(23)15-19/h2-8,15H,9-14,16H2,1H3. The molecule has 2 aromatic rings. The molecule has 158 valence electrons. The Kier molecular flexibility index (Phi) is 5.99. The third-order valence-corrected chi connectivity index (χ3v) is 5.85. The third kappa shape index (κ3) is 4.31. The Hall–Kier alpha value is -2.93. The molecule has 2 aromatic carbocycles. The van der Waals surface area contributed by atoms with Crippen LogP contribution in [0, 0.1) is 0 Å². The Bertz CT molecular complexity index is 913. The summed E-state index contributed by atoms with van der Waals surface area (Å²) in [7, 11) is 1.65. The molecule has 3 amide bonds. The summed E-state index contributed by atoms with van der Waals surface area (Å²) in [5, 5.41) is 0.588. The van der Waals surface area contributed by atoms with Gasteiger partial charge in [-0.3, -0.25) is 9.69 Å². The number of hydrogen-bond acceptors (Lipinski definition) is 4. The molecular weight excluding hydrogens is 404 g/mol. The molecular formula is C22H25ClN4O3. The number of carbonyl (C=O) groups excluding carboxylic acids is 2. The number of rotatable bonds is 5. The van der Waals surface area contributed by atoms with E-state index in [-0.39, 0.29) is 18.5 Å². The van der Waals surface area contributed by atoms with Crippen molar-refractivity contribution < 1.29 is 14.3 Å². The van der Waals surface area contributed by atoms with E-state index in [0.29, 0.717) is 31.2 Å². The minimum absolute atomic E-state index is 0.00863. The number of piperazine rings is 1. The molecule has 7 nitrogen and oxygen atoms in total. The van der Waals surface area contributed by atoms with Crippen LogP contribution in [0.25, 0.3) is 0 Å². The zero-order valence-electron chi connectivity index (χ0n) is 17.0. The van der Waals surface area contributed by atoms with E-state index in [4.69, 9.17) is 16.3 Å². The summed E-state index contributed by atoms with van der Waals surface area (Å²) in [6, 6.07) is 15.0. The quantitative estimate of drug-likeness (QED) is 0.734. The molecule has 0 bridgehead atoms. The van der Waals surface area contributed by atoms with E-state index in [1.165, 1.54) is 0 Å². The summed E-state index contributed by atoms with van der Waals surface area (Å²) in [5.41, 5.74) is 1.88. The van der Waals surface area contributed by atoms with Gasteiger partial charge in [0.1, 0.15) is 12.3 Å². The Labute approximate surface area is 181 Å². The van der Waals surface area contributed by atoms with Crippen molar-refractivity contribution in [2.24, 2.45) is 0 Å². The Morgan fingerprint density at radius 3 is 2.37 bits per heavy atom. The first-order valence-electron chi connectivity index (χ1n) is 10.0. The van der Waals surface area contributed by atoms with Crippen LogP contribution in [-0.4, -0.2) is 74.7 Å². The summed E-state index contributed by atoms with van der Waals surface area (Å²) in [5.74, 6) is 0.820. The van der Waals surface area contributed by atoms with Crippen molar-refractivity contribution in [3.63, 3.8) is 0 Å². The molecule has 0 N–H and O–H groups in total. The van der Waals surface area contributed by atoms with Crippen LogP contribution < -0.4 is 14.5 Å². The Morgan fingerprint density at radius 1 is 0.967 bits per heavy atom. The third-order valence-electron chi connectivity index (χ3n) is 5.61. The summed E-state index contributed by atoms with van der Waals surface area (Å²) in [6.45, 7) is 4.01. The lowest BCUT2D eigenvalue weighted by molar-refractivity contribution is -0.131. The lowest BCUT2D eigenvalue weighted by Gasteiger charge is -2.36. The van der Waals surface area contributed by atoms with Crippen LogP contribution in [0.1, 0.15) is 0 Å². The van der Waals surface area contributed by atoms with Crippen molar-refractivity contribution in [3.05, 3.63) is 53.6 Å². The van der Waals surface area contributed by atoms with E-state index in [9.17, 15) is 9.59 Å². The van der Waals surface area contributed by atoms with Crippen LogP contribution in [0.2, 0.25) is 5.02 Å². The van der Waals surface area contributed by atoms with Crippen molar-refractivity contribution >= 4 is 34.9 Å². The van der Waals surface area contributed by atoms with Gasteiger partial charge in [-0.1, -0.05) is 17.7 Å². The SMILES string of the molecule is COc1ccc(N2CCN(C(=O)CN3CCN(c4cccc(Cl)c4)C3=O)CC2)cc1. The number of ether oxygens (including phenoxy) is 1. The number of urea groups is 1. The second-order valence-electron chi connectivity index (χ2n) is 7.40. The highest BCUT2D eigenvalue weighted by molar-refractivity contribution is 6.30. The van der Waals surface area contributed by atoms with E-state index in [2.05, 4.69) is 4.90 Å². The van der Waals surface area contributed by atoms with Crippen LogP contribution in [0.5, 0.6) is 5.75 Å². The topological polar surface area (TPSA) is 56.3 Å². The molecule has 2 aliphatic heterocycles. The highest BCUT2D eigenvalue weighted by atomic mass is 35.5. The predicted octanol–water partition coefficient (Wildman–Crippen LogP) is 2.94. The Morgan fingerprint density at radius 2 is 1.70 bits per heavy atom. The van der Waals surface area contributed by atoms with Gasteiger partial charge < -0.3 is 19.4 Å². The van der Waals surface area contributed by atoms with Gasteiger partial charge in [0.15, 0.2) is 0 Å². The molecule has 0 radical (unpaired) electrons. The second kappa shape index (κ2) is 8.83. The summed E-state index contributed by atoms with van der Waals surface area (Å²) in [4.78, 5) is 32.9. The van der Waals surface area contributed by atoms with E-state index >= 15 is 0 Å². The molecule has 0 spiro atoms. The van der Waals surface area contributed by atoms with Crippen molar-refractivity contribution in [1.29, 1.82) is 0 Å². The van der Waals surface area contributed by atoms with Crippen LogP contribution in [0.15, 0.2) is 48.5 Å². The van der Waals surface area contributed by atoms with Crippen LogP contribution in [0.4, 0.5) is 16.2 Å². The number of anilines is 2. The van der Waals surface area contributed by atoms with Gasteiger partial charge in [0.2, 0.25) is 5.91 Å². The monoisotopic (exact) mass is 428 g/mol. The lowest BCUT2D eigenvalue weighted by atomic mass is 10.2. The fourth-order valence-electron chi connectivity index (χ4n) is 3.88. The van der Waals surface area contributed by atoms with Gasteiger partial charge >= 0.3 is 6.03 Å². The molecule has 2 saturated heterocycles. The summed E-state index contributed by atoms with van der Waals surface area (Å²) in [6.07, 6.45) is 0. The fraction of sp³-hybridized carbons (Fsp3) is 0.364. The predicted molar refractivity (Wildman–Crippen MR) is 118 cm³/mol. The maximum Gasteiger partial charge on any atom is 0.325 e. The van der Waals surface area contributed by atoms with Gasteiger partial charge in [0.05, 0.1) is 7.11 Å². The molecule has 2 heterocycles. The first-order valence-corrected chi connectivity index (χ1v) is 10.4. The summed E-state index contributed by atoms with van der Waals surface area (Å²) < 4.78 is 5.20. The van der Waals surface area contributed by atoms with Gasteiger partial charge in [-0.2, -0.15) is 0 Å². The van der Waals surface area contributed by atoms with Crippen molar-refractivity contribution in [2.45, 2.75) is 0 Å². The number of hydrogen-bond donors (Lipinski definition) is 0. The highest BCUT2D eigenvalue weighted by Gasteiger charge is 2.32. The largest absolute Gasteiger partial charge is 0.497 e. The molecule has 2 fully saturated rings. The average molecular weight is 429 g/mol. The van der Waals surface area contributed by atoms with Gasteiger partial charge in [0, 0.05) is 55.7 Å². The highest BCUT2D eigenvalue weighted by Crippen LogP contribution is 2.24. The van der Waals surface area contributed by atoms with Crippen LogP contribution in [-0.2, 0) is 4.79 Å². The number of amides is 3. The Balaban J connectivity index is 1.30. The molecule has 0 saturated carbocycles. The molecule has 4 rings (SSSR count). The summed E-state index contributed by atoms with van der Waals surface area (Å²) >= 11 is 6.04. The van der Waals surface area contributed by atoms with E-state index < -0.39 is 0 Å². The van der Waals surface area contributed by atoms with E-state index in [0.717, 1.165) is 30.2 Å². The molecule has 30 heavy (non-hydrogen) atoms. The minimum Gasteiger partial charge on any atom is -0.497 e. The average Bonchev–Trinajstić information content (AvgIpc) is 3.14. The molecule has 2 aliphatic rings.